The zero-order valence-electron chi connectivity index (χ0n) is 12.9. The molecule has 23 heavy (non-hydrogen) atoms. The molecule has 0 saturated heterocycles. The lowest BCUT2D eigenvalue weighted by atomic mass is 10.1. The van der Waals surface area contributed by atoms with Gasteiger partial charge in [-0.25, -0.2) is 0 Å². The van der Waals surface area contributed by atoms with Crippen molar-refractivity contribution >= 4 is 6.08 Å². The van der Waals surface area contributed by atoms with Gasteiger partial charge in [0.1, 0.15) is 11.5 Å². The Kier molecular flexibility index (Phi) is 5.32. The van der Waals surface area contributed by atoms with E-state index in [1.807, 2.05) is 18.2 Å². The van der Waals surface area contributed by atoms with Crippen LogP contribution in [0.3, 0.4) is 0 Å². The van der Waals surface area contributed by atoms with E-state index in [0.717, 1.165) is 17.7 Å². The minimum Gasteiger partial charge on any atom is -0.496 e. The summed E-state index contributed by atoms with van der Waals surface area (Å²) in [7, 11) is 3.13. The Labute approximate surface area is 133 Å². The van der Waals surface area contributed by atoms with Crippen LogP contribution in [0.2, 0.25) is 0 Å². The second kappa shape index (κ2) is 7.22. The Bertz CT molecular complexity index is 669. The van der Waals surface area contributed by atoms with Crippen molar-refractivity contribution in [2.24, 2.45) is 0 Å². The first-order valence-corrected chi connectivity index (χ1v) is 6.99. The van der Waals surface area contributed by atoms with Crippen LogP contribution in [-0.2, 0) is 12.6 Å². The zero-order valence-corrected chi connectivity index (χ0v) is 12.9. The lowest BCUT2D eigenvalue weighted by Gasteiger charge is -2.11. The van der Waals surface area contributed by atoms with E-state index < -0.39 is 11.7 Å². The van der Waals surface area contributed by atoms with Crippen molar-refractivity contribution in [1.29, 1.82) is 0 Å². The highest BCUT2D eigenvalue weighted by molar-refractivity contribution is 5.53. The van der Waals surface area contributed by atoms with Crippen LogP contribution in [-0.4, -0.2) is 14.2 Å². The number of hydrogen-bond acceptors (Lipinski definition) is 2. The van der Waals surface area contributed by atoms with Gasteiger partial charge in [0, 0.05) is 5.56 Å². The number of methoxy groups -OCH3 is 2. The molecule has 0 saturated carbocycles. The van der Waals surface area contributed by atoms with Crippen LogP contribution in [0, 0.1) is 0 Å². The number of halogens is 3. The molecule has 0 heterocycles. The molecular formula is C18H17F3O2. The standard InChI is InChI=1S/C18H17F3O2/c1-22-16-10-5-11-17(23-2)15(16)9-4-7-13-6-3-8-14(12-13)18(19,20)21/h3-8,10-12H,9H2,1-2H3/b7-4+. The molecule has 0 aliphatic carbocycles. The predicted octanol–water partition coefficient (Wildman–Crippen LogP) is 4.98. The molecule has 0 unspecified atom stereocenters. The van der Waals surface area contributed by atoms with Crippen LogP contribution in [0.4, 0.5) is 13.2 Å². The van der Waals surface area contributed by atoms with Crippen LogP contribution in [0.15, 0.2) is 48.5 Å². The molecular weight excluding hydrogens is 305 g/mol. The Balaban J connectivity index is 2.20. The van der Waals surface area contributed by atoms with Crippen molar-refractivity contribution in [3.63, 3.8) is 0 Å². The molecule has 5 heteroatoms. The number of ether oxygens (including phenoxy) is 2. The third kappa shape index (κ3) is 4.28. The van der Waals surface area contributed by atoms with E-state index in [4.69, 9.17) is 9.47 Å². The van der Waals surface area contributed by atoms with Gasteiger partial charge in [-0.3, -0.25) is 0 Å². The average Bonchev–Trinajstić information content (AvgIpc) is 2.54. The zero-order chi connectivity index (χ0) is 16.9. The lowest BCUT2D eigenvalue weighted by molar-refractivity contribution is -0.137. The Morgan fingerprint density at radius 1 is 0.957 bits per heavy atom. The molecule has 0 aliphatic heterocycles. The van der Waals surface area contributed by atoms with Gasteiger partial charge in [-0.1, -0.05) is 30.4 Å². The van der Waals surface area contributed by atoms with E-state index in [1.165, 1.54) is 6.07 Å². The fourth-order valence-electron chi connectivity index (χ4n) is 2.26. The van der Waals surface area contributed by atoms with E-state index in [1.54, 1.807) is 32.4 Å². The summed E-state index contributed by atoms with van der Waals surface area (Å²) in [5.41, 5.74) is 0.684. The molecule has 2 aromatic carbocycles. The summed E-state index contributed by atoms with van der Waals surface area (Å²) in [6, 6.07) is 10.7. The summed E-state index contributed by atoms with van der Waals surface area (Å²) in [6.07, 6.45) is -0.407. The second-order valence-electron chi connectivity index (χ2n) is 4.87. The first kappa shape index (κ1) is 16.9. The minimum atomic E-state index is -4.34. The first-order valence-electron chi connectivity index (χ1n) is 6.99. The maximum atomic E-state index is 12.7. The van der Waals surface area contributed by atoms with E-state index in [9.17, 15) is 13.2 Å². The molecule has 0 radical (unpaired) electrons. The van der Waals surface area contributed by atoms with E-state index in [0.29, 0.717) is 23.5 Å². The van der Waals surface area contributed by atoms with E-state index >= 15 is 0 Å². The minimum absolute atomic E-state index is 0.490. The fourth-order valence-corrected chi connectivity index (χ4v) is 2.26. The number of rotatable bonds is 5. The highest BCUT2D eigenvalue weighted by Gasteiger charge is 2.30. The van der Waals surface area contributed by atoms with E-state index in [2.05, 4.69) is 0 Å². The normalized spacial score (nSPS) is 11.7. The molecule has 0 bridgehead atoms. The molecule has 0 amide bonds. The molecule has 0 fully saturated rings. The largest absolute Gasteiger partial charge is 0.496 e. The van der Waals surface area contributed by atoms with Crippen molar-refractivity contribution in [2.45, 2.75) is 12.6 Å². The van der Waals surface area contributed by atoms with Gasteiger partial charge in [-0.15, -0.1) is 0 Å². The maximum absolute atomic E-state index is 12.7. The third-order valence-corrected chi connectivity index (χ3v) is 3.38. The van der Waals surface area contributed by atoms with Crippen LogP contribution in [0.1, 0.15) is 16.7 Å². The molecule has 0 aromatic heterocycles. The summed E-state index contributed by atoms with van der Waals surface area (Å²) in [4.78, 5) is 0. The smallest absolute Gasteiger partial charge is 0.416 e. The summed E-state index contributed by atoms with van der Waals surface area (Å²) >= 11 is 0. The van der Waals surface area contributed by atoms with Gasteiger partial charge >= 0.3 is 6.18 Å². The number of benzene rings is 2. The summed E-state index contributed by atoms with van der Waals surface area (Å²) in [5.74, 6) is 1.36. The SMILES string of the molecule is COc1cccc(OC)c1C/C=C/c1cccc(C(F)(F)F)c1. The highest BCUT2D eigenvalue weighted by atomic mass is 19.4. The van der Waals surface area contributed by atoms with Crippen LogP contribution < -0.4 is 9.47 Å². The quantitative estimate of drug-likeness (QED) is 0.773. The summed E-state index contributed by atoms with van der Waals surface area (Å²) in [6.45, 7) is 0. The van der Waals surface area contributed by atoms with Gasteiger partial charge in [0.2, 0.25) is 0 Å². The lowest BCUT2D eigenvalue weighted by Crippen LogP contribution is -2.04. The van der Waals surface area contributed by atoms with Gasteiger partial charge < -0.3 is 9.47 Å². The monoisotopic (exact) mass is 322 g/mol. The Hall–Kier alpha value is -2.43. The molecule has 0 spiro atoms. The van der Waals surface area contributed by atoms with Gasteiger partial charge in [0.05, 0.1) is 19.8 Å². The van der Waals surface area contributed by atoms with Gasteiger partial charge in [-0.2, -0.15) is 13.2 Å². The second-order valence-corrected chi connectivity index (χ2v) is 4.87. The summed E-state index contributed by atoms with van der Waals surface area (Å²) < 4.78 is 48.7. The Morgan fingerprint density at radius 2 is 1.57 bits per heavy atom. The van der Waals surface area contributed by atoms with Crippen LogP contribution in [0.25, 0.3) is 6.08 Å². The molecule has 0 atom stereocenters. The average molecular weight is 322 g/mol. The third-order valence-electron chi connectivity index (χ3n) is 3.38. The van der Waals surface area contributed by atoms with Gasteiger partial charge in [0.15, 0.2) is 0 Å². The summed E-state index contributed by atoms with van der Waals surface area (Å²) in [5, 5.41) is 0. The van der Waals surface area contributed by atoms with Gasteiger partial charge in [0.25, 0.3) is 0 Å². The predicted molar refractivity (Wildman–Crippen MR) is 83.7 cm³/mol. The topological polar surface area (TPSA) is 18.5 Å². The van der Waals surface area contributed by atoms with Crippen molar-refractivity contribution in [1.82, 2.24) is 0 Å². The molecule has 122 valence electrons. The van der Waals surface area contributed by atoms with Crippen molar-refractivity contribution in [3.05, 3.63) is 65.2 Å². The molecule has 2 aromatic rings. The van der Waals surface area contributed by atoms with Crippen LogP contribution >= 0.6 is 0 Å². The maximum Gasteiger partial charge on any atom is 0.416 e. The van der Waals surface area contributed by atoms with Gasteiger partial charge in [-0.05, 0) is 36.2 Å². The Morgan fingerprint density at radius 3 is 2.13 bits per heavy atom. The fraction of sp³-hybridized carbons (Fsp3) is 0.222. The number of hydrogen-bond donors (Lipinski definition) is 0. The van der Waals surface area contributed by atoms with E-state index in [-0.39, 0.29) is 0 Å². The highest BCUT2D eigenvalue weighted by Crippen LogP contribution is 2.31. The number of alkyl halides is 3. The molecule has 0 N–H and O–H groups in total. The van der Waals surface area contributed by atoms with Crippen molar-refractivity contribution < 1.29 is 22.6 Å². The molecule has 2 nitrogen and oxygen atoms in total. The van der Waals surface area contributed by atoms with Crippen LogP contribution in [0.5, 0.6) is 11.5 Å². The number of allylic oxidation sites excluding steroid dienone is 1. The molecule has 0 aliphatic rings. The van der Waals surface area contributed by atoms with Crippen molar-refractivity contribution in [2.75, 3.05) is 14.2 Å². The molecule has 2 rings (SSSR count). The first-order chi connectivity index (χ1) is 11.0. The van der Waals surface area contributed by atoms with Crippen molar-refractivity contribution in [3.8, 4) is 11.5 Å².